The minimum atomic E-state index is 0.0818. The highest BCUT2D eigenvalue weighted by molar-refractivity contribution is 7.99. The van der Waals surface area contributed by atoms with Crippen molar-refractivity contribution in [2.45, 2.75) is 11.5 Å². The predicted molar refractivity (Wildman–Crippen MR) is 75.4 cm³/mol. The van der Waals surface area contributed by atoms with Crippen molar-refractivity contribution < 1.29 is 10.3 Å². The minimum absolute atomic E-state index is 0.0818. The summed E-state index contributed by atoms with van der Waals surface area (Å²) >= 11 is 1.71. The van der Waals surface area contributed by atoms with E-state index in [0.717, 1.165) is 11.3 Å². The Morgan fingerprint density at radius 2 is 2.00 bits per heavy atom. The highest BCUT2D eigenvalue weighted by Crippen LogP contribution is 2.18. The van der Waals surface area contributed by atoms with Crippen molar-refractivity contribution in [3.8, 4) is 0 Å². The molecule has 0 saturated carbocycles. The molecule has 0 fully saturated rings. The second kappa shape index (κ2) is 8.58. The first-order chi connectivity index (χ1) is 8.76. The van der Waals surface area contributed by atoms with Crippen LogP contribution in [-0.4, -0.2) is 16.1 Å². The molecule has 4 heteroatoms. The fourth-order valence-electron chi connectivity index (χ4n) is 1.18. The van der Waals surface area contributed by atoms with E-state index < -0.39 is 0 Å². The van der Waals surface area contributed by atoms with Crippen molar-refractivity contribution in [2.75, 3.05) is 5.75 Å². The molecule has 0 unspecified atom stereocenters. The van der Waals surface area contributed by atoms with Crippen LogP contribution in [0.3, 0.4) is 0 Å². The molecule has 0 bridgehead atoms. The standard InChI is InChI=1S/C14H17NO2S/c1-12(15-17)5-3-2-4-10-18-14-8-6-13(11-16)7-9-14/h2-9,15-17H,1,10-11H2/b4-2+,5-3+. The molecule has 0 aliphatic carbocycles. The first-order valence-electron chi connectivity index (χ1n) is 5.51. The molecule has 96 valence electrons. The maximum Gasteiger partial charge on any atom is 0.0681 e. The zero-order valence-electron chi connectivity index (χ0n) is 10.0. The van der Waals surface area contributed by atoms with E-state index in [-0.39, 0.29) is 6.61 Å². The largest absolute Gasteiger partial charge is 0.392 e. The van der Waals surface area contributed by atoms with Crippen LogP contribution in [0.25, 0.3) is 0 Å². The number of allylic oxidation sites excluding steroid dienone is 3. The summed E-state index contributed by atoms with van der Waals surface area (Å²) in [4.78, 5) is 1.17. The number of aliphatic hydroxyl groups is 1. The van der Waals surface area contributed by atoms with Crippen LogP contribution in [0.5, 0.6) is 0 Å². The fourth-order valence-corrected chi connectivity index (χ4v) is 1.91. The molecule has 0 amide bonds. The van der Waals surface area contributed by atoms with Crippen molar-refractivity contribution in [3.05, 3.63) is 66.4 Å². The Bertz CT molecular complexity index is 424. The average Bonchev–Trinajstić information content (AvgIpc) is 2.43. The van der Waals surface area contributed by atoms with Crippen LogP contribution >= 0.6 is 11.8 Å². The van der Waals surface area contributed by atoms with Gasteiger partial charge in [0.15, 0.2) is 0 Å². The van der Waals surface area contributed by atoms with E-state index >= 15 is 0 Å². The molecule has 18 heavy (non-hydrogen) atoms. The molecule has 0 aliphatic heterocycles. The number of hydrogen-bond acceptors (Lipinski definition) is 4. The Labute approximate surface area is 111 Å². The summed E-state index contributed by atoms with van der Waals surface area (Å²) in [6.45, 7) is 3.63. The van der Waals surface area contributed by atoms with Gasteiger partial charge in [0.05, 0.1) is 12.3 Å². The fraction of sp³-hybridized carbons (Fsp3) is 0.143. The quantitative estimate of drug-likeness (QED) is 0.402. The molecular formula is C14H17NO2S. The molecule has 3 N–H and O–H groups in total. The molecule has 0 radical (unpaired) electrons. The zero-order chi connectivity index (χ0) is 13.2. The Balaban J connectivity index is 2.30. The van der Waals surface area contributed by atoms with Crippen LogP contribution in [0.4, 0.5) is 0 Å². The van der Waals surface area contributed by atoms with Gasteiger partial charge in [0.25, 0.3) is 0 Å². The van der Waals surface area contributed by atoms with Crippen molar-refractivity contribution >= 4 is 11.8 Å². The summed E-state index contributed by atoms with van der Waals surface area (Å²) < 4.78 is 0. The lowest BCUT2D eigenvalue weighted by atomic mass is 10.2. The monoisotopic (exact) mass is 263 g/mol. The van der Waals surface area contributed by atoms with Gasteiger partial charge in [0.1, 0.15) is 0 Å². The number of benzene rings is 1. The summed E-state index contributed by atoms with van der Waals surface area (Å²) in [5.74, 6) is 0.863. The first-order valence-corrected chi connectivity index (χ1v) is 6.49. The van der Waals surface area contributed by atoms with Crippen LogP contribution < -0.4 is 5.48 Å². The van der Waals surface area contributed by atoms with Gasteiger partial charge in [-0.15, -0.1) is 11.8 Å². The molecule has 3 nitrogen and oxygen atoms in total. The van der Waals surface area contributed by atoms with Gasteiger partial charge in [-0.3, -0.25) is 10.7 Å². The van der Waals surface area contributed by atoms with Crippen molar-refractivity contribution in [2.24, 2.45) is 0 Å². The third kappa shape index (κ3) is 5.72. The van der Waals surface area contributed by atoms with Crippen molar-refractivity contribution in [1.82, 2.24) is 5.48 Å². The third-order valence-electron chi connectivity index (χ3n) is 2.14. The van der Waals surface area contributed by atoms with Gasteiger partial charge in [-0.25, -0.2) is 0 Å². The summed E-state index contributed by atoms with van der Waals surface area (Å²) in [5, 5.41) is 17.4. The van der Waals surface area contributed by atoms with E-state index in [9.17, 15) is 0 Å². The Morgan fingerprint density at radius 3 is 2.61 bits per heavy atom. The number of nitrogens with one attached hydrogen (secondary N) is 1. The molecular weight excluding hydrogens is 246 g/mol. The lowest BCUT2D eigenvalue weighted by molar-refractivity contribution is 0.205. The van der Waals surface area contributed by atoms with Crippen LogP contribution in [0.1, 0.15) is 5.56 Å². The van der Waals surface area contributed by atoms with Crippen molar-refractivity contribution in [1.29, 1.82) is 0 Å². The number of thioether (sulfide) groups is 1. The SMILES string of the molecule is C=C(/C=C/C=C/CSc1ccc(CO)cc1)NO. The van der Waals surface area contributed by atoms with Crippen LogP contribution in [0.15, 0.2) is 65.7 Å². The summed E-state index contributed by atoms with van der Waals surface area (Å²) in [6.07, 6.45) is 7.40. The second-order valence-corrected chi connectivity index (χ2v) is 4.63. The molecule has 0 spiro atoms. The molecule has 0 aromatic heterocycles. The summed E-state index contributed by atoms with van der Waals surface area (Å²) in [6, 6.07) is 7.83. The predicted octanol–water partition coefficient (Wildman–Crippen LogP) is 2.88. The van der Waals surface area contributed by atoms with Crippen LogP contribution in [-0.2, 0) is 6.61 Å². The molecule has 0 heterocycles. The maximum absolute atomic E-state index is 8.91. The smallest absolute Gasteiger partial charge is 0.0681 e. The number of rotatable bonds is 7. The third-order valence-corrected chi connectivity index (χ3v) is 3.10. The average molecular weight is 263 g/mol. The molecule has 0 atom stereocenters. The number of hydrogen-bond donors (Lipinski definition) is 3. The van der Waals surface area contributed by atoms with E-state index in [0.29, 0.717) is 5.70 Å². The summed E-state index contributed by atoms with van der Waals surface area (Å²) in [5.41, 5.74) is 3.33. The number of hydroxylamine groups is 1. The molecule has 1 aromatic carbocycles. The zero-order valence-corrected chi connectivity index (χ0v) is 10.9. The van der Waals surface area contributed by atoms with Crippen LogP contribution in [0, 0.1) is 0 Å². The topological polar surface area (TPSA) is 52.5 Å². The lowest BCUT2D eigenvalue weighted by Crippen LogP contribution is -2.01. The van der Waals surface area contributed by atoms with E-state index in [4.69, 9.17) is 10.3 Å². The lowest BCUT2D eigenvalue weighted by Gasteiger charge is -1.99. The Morgan fingerprint density at radius 1 is 1.28 bits per heavy atom. The molecule has 0 aliphatic rings. The number of aliphatic hydroxyl groups excluding tert-OH is 1. The van der Waals surface area contributed by atoms with Gasteiger partial charge in [0, 0.05) is 10.6 Å². The van der Waals surface area contributed by atoms with Gasteiger partial charge >= 0.3 is 0 Å². The van der Waals surface area contributed by atoms with Gasteiger partial charge < -0.3 is 5.11 Å². The van der Waals surface area contributed by atoms with E-state index in [1.54, 1.807) is 23.9 Å². The highest BCUT2D eigenvalue weighted by atomic mass is 32.2. The Hall–Kier alpha value is -1.49. The van der Waals surface area contributed by atoms with Gasteiger partial charge in [-0.05, 0) is 23.8 Å². The van der Waals surface area contributed by atoms with E-state index in [1.165, 1.54) is 4.90 Å². The highest BCUT2D eigenvalue weighted by Gasteiger charge is 1.92. The maximum atomic E-state index is 8.91. The van der Waals surface area contributed by atoms with Gasteiger partial charge in [-0.2, -0.15) is 0 Å². The normalized spacial score (nSPS) is 11.2. The van der Waals surface area contributed by atoms with Crippen molar-refractivity contribution in [3.63, 3.8) is 0 Å². The first kappa shape index (κ1) is 14.6. The second-order valence-electron chi connectivity index (χ2n) is 3.54. The molecule has 0 saturated heterocycles. The molecule has 1 aromatic rings. The van der Waals surface area contributed by atoms with Crippen LogP contribution in [0.2, 0.25) is 0 Å². The minimum Gasteiger partial charge on any atom is -0.392 e. The van der Waals surface area contributed by atoms with E-state index in [2.05, 4.69) is 6.58 Å². The van der Waals surface area contributed by atoms with E-state index in [1.807, 2.05) is 41.9 Å². The van der Waals surface area contributed by atoms with Gasteiger partial charge in [0.2, 0.25) is 0 Å². The van der Waals surface area contributed by atoms with Gasteiger partial charge in [-0.1, -0.05) is 36.9 Å². The molecule has 1 rings (SSSR count). The Kier molecular flexibility index (Phi) is 6.94. The summed E-state index contributed by atoms with van der Waals surface area (Å²) in [7, 11) is 0.